The summed E-state index contributed by atoms with van der Waals surface area (Å²) in [4.78, 5) is 34.8. The Labute approximate surface area is 167 Å². The summed E-state index contributed by atoms with van der Waals surface area (Å²) in [7, 11) is 3.84. The third-order valence-electron chi connectivity index (χ3n) is 4.26. The number of hydrogen-bond acceptors (Lipinski definition) is 6. The summed E-state index contributed by atoms with van der Waals surface area (Å²) in [5.41, 5.74) is 2.14. The van der Waals surface area contributed by atoms with Gasteiger partial charge < -0.3 is 19.5 Å². The minimum atomic E-state index is -1.05. The molecule has 2 rings (SSSR count). The van der Waals surface area contributed by atoms with E-state index >= 15 is 0 Å². The number of carbonyl (C=O) groups is 3. The third-order valence-corrected chi connectivity index (χ3v) is 4.26. The van der Waals surface area contributed by atoms with E-state index in [-0.39, 0.29) is 18.7 Å². The van der Waals surface area contributed by atoms with E-state index in [1.807, 2.05) is 0 Å². The zero-order valence-corrected chi connectivity index (χ0v) is 16.4. The average molecular weight is 403 g/mol. The molecule has 154 valence electrons. The van der Waals surface area contributed by atoms with Crippen molar-refractivity contribution in [3.05, 3.63) is 53.8 Å². The SMILES string of the molecule is COC(=O)CC(Cc1ccc(-c2cc(F)ccc2OC)cc1)NC(=O)C(=O)OC. The number of carbonyl (C=O) groups excluding carboxylic acids is 3. The van der Waals surface area contributed by atoms with Crippen molar-refractivity contribution in [3.8, 4) is 16.9 Å². The van der Waals surface area contributed by atoms with Gasteiger partial charge in [0.1, 0.15) is 11.6 Å². The van der Waals surface area contributed by atoms with Crippen molar-refractivity contribution in [2.45, 2.75) is 18.9 Å². The van der Waals surface area contributed by atoms with Crippen LogP contribution in [0.25, 0.3) is 11.1 Å². The maximum absolute atomic E-state index is 13.6. The topological polar surface area (TPSA) is 90.9 Å². The average Bonchev–Trinajstić information content (AvgIpc) is 2.73. The zero-order chi connectivity index (χ0) is 21.4. The van der Waals surface area contributed by atoms with Crippen molar-refractivity contribution in [1.82, 2.24) is 5.32 Å². The van der Waals surface area contributed by atoms with Gasteiger partial charge in [0.25, 0.3) is 0 Å². The van der Waals surface area contributed by atoms with Crippen LogP contribution in [0.2, 0.25) is 0 Å². The number of rotatable bonds is 7. The van der Waals surface area contributed by atoms with Gasteiger partial charge in [0, 0.05) is 11.6 Å². The first-order chi connectivity index (χ1) is 13.9. The number of amides is 1. The first kappa shape index (κ1) is 21.9. The first-order valence-electron chi connectivity index (χ1n) is 8.76. The molecule has 0 fully saturated rings. The summed E-state index contributed by atoms with van der Waals surface area (Å²) in [5.74, 6) is -2.36. The lowest BCUT2D eigenvalue weighted by atomic mass is 9.98. The Morgan fingerprint density at radius 1 is 1.00 bits per heavy atom. The molecule has 2 aromatic rings. The minimum Gasteiger partial charge on any atom is -0.496 e. The molecule has 0 aliphatic carbocycles. The van der Waals surface area contributed by atoms with Crippen LogP contribution in [0.3, 0.4) is 0 Å². The lowest BCUT2D eigenvalue weighted by Crippen LogP contribution is -2.42. The standard InChI is InChI=1S/C21H22FNO6/c1-27-18-9-8-15(22)11-17(18)14-6-4-13(5-7-14)10-16(12-19(24)28-2)23-20(25)21(26)29-3/h4-9,11,16H,10,12H2,1-3H3,(H,23,25). The second kappa shape index (κ2) is 10.2. The zero-order valence-electron chi connectivity index (χ0n) is 16.4. The molecule has 29 heavy (non-hydrogen) atoms. The van der Waals surface area contributed by atoms with Gasteiger partial charge in [-0.05, 0) is 35.7 Å². The molecule has 1 unspecified atom stereocenters. The van der Waals surface area contributed by atoms with Crippen LogP contribution in [0.5, 0.6) is 5.75 Å². The lowest BCUT2D eigenvalue weighted by molar-refractivity contribution is -0.153. The van der Waals surface area contributed by atoms with Gasteiger partial charge in [-0.2, -0.15) is 0 Å². The van der Waals surface area contributed by atoms with Crippen molar-refractivity contribution in [3.63, 3.8) is 0 Å². The Hall–Kier alpha value is -3.42. The molecule has 0 saturated heterocycles. The summed E-state index contributed by atoms with van der Waals surface area (Å²) in [5, 5.41) is 2.47. The molecule has 0 bridgehead atoms. The predicted octanol–water partition coefficient (Wildman–Crippen LogP) is 2.26. The number of nitrogens with one attached hydrogen (secondary N) is 1. The Morgan fingerprint density at radius 2 is 1.69 bits per heavy atom. The summed E-state index contributed by atoms with van der Waals surface area (Å²) in [6, 6.07) is 10.7. The van der Waals surface area contributed by atoms with Gasteiger partial charge in [-0.15, -0.1) is 0 Å². The molecule has 0 heterocycles. The summed E-state index contributed by atoms with van der Waals surface area (Å²) >= 11 is 0. The third kappa shape index (κ3) is 6.03. The van der Waals surface area contributed by atoms with Gasteiger partial charge in [0.15, 0.2) is 0 Å². The molecule has 1 N–H and O–H groups in total. The maximum Gasteiger partial charge on any atom is 0.396 e. The van der Waals surface area contributed by atoms with Gasteiger partial charge in [-0.25, -0.2) is 9.18 Å². The van der Waals surface area contributed by atoms with Crippen LogP contribution in [0.15, 0.2) is 42.5 Å². The Bertz CT molecular complexity index is 881. The van der Waals surface area contributed by atoms with Gasteiger partial charge >= 0.3 is 17.8 Å². The van der Waals surface area contributed by atoms with E-state index in [1.165, 1.54) is 26.4 Å². The number of benzene rings is 2. The Balaban J connectivity index is 2.19. The van der Waals surface area contributed by atoms with Gasteiger partial charge in [0.05, 0.1) is 27.8 Å². The van der Waals surface area contributed by atoms with Gasteiger partial charge in [-0.3, -0.25) is 9.59 Å². The van der Waals surface area contributed by atoms with Crippen LogP contribution >= 0.6 is 0 Å². The molecule has 0 spiro atoms. The largest absolute Gasteiger partial charge is 0.496 e. The van der Waals surface area contributed by atoms with Crippen molar-refractivity contribution < 1.29 is 33.0 Å². The highest BCUT2D eigenvalue weighted by atomic mass is 19.1. The highest BCUT2D eigenvalue weighted by Gasteiger charge is 2.22. The highest BCUT2D eigenvalue weighted by Crippen LogP contribution is 2.30. The van der Waals surface area contributed by atoms with Gasteiger partial charge in [-0.1, -0.05) is 24.3 Å². The van der Waals surface area contributed by atoms with E-state index in [1.54, 1.807) is 30.3 Å². The van der Waals surface area contributed by atoms with E-state index in [0.717, 1.165) is 18.2 Å². The molecule has 8 heteroatoms. The fraction of sp³-hybridized carbons (Fsp3) is 0.286. The van der Waals surface area contributed by atoms with Gasteiger partial charge in [0.2, 0.25) is 0 Å². The number of methoxy groups -OCH3 is 3. The van der Waals surface area contributed by atoms with Crippen molar-refractivity contribution in [2.24, 2.45) is 0 Å². The molecule has 0 radical (unpaired) electrons. The van der Waals surface area contributed by atoms with E-state index in [2.05, 4.69) is 14.8 Å². The van der Waals surface area contributed by atoms with Crippen LogP contribution in [0.1, 0.15) is 12.0 Å². The molecule has 0 aliphatic rings. The second-order valence-corrected chi connectivity index (χ2v) is 6.19. The fourth-order valence-corrected chi connectivity index (χ4v) is 2.81. The Morgan fingerprint density at radius 3 is 2.28 bits per heavy atom. The highest BCUT2D eigenvalue weighted by molar-refractivity contribution is 6.32. The van der Waals surface area contributed by atoms with Crippen LogP contribution in [0.4, 0.5) is 4.39 Å². The molecule has 0 aliphatic heterocycles. The molecular formula is C21H22FNO6. The predicted molar refractivity (Wildman–Crippen MR) is 103 cm³/mol. The molecule has 2 aromatic carbocycles. The number of ether oxygens (including phenoxy) is 3. The molecule has 0 aromatic heterocycles. The lowest BCUT2D eigenvalue weighted by Gasteiger charge is -2.17. The van der Waals surface area contributed by atoms with E-state index in [4.69, 9.17) is 4.74 Å². The number of hydrogen-bond donors (Lipinski definition) is 1. The molecule has 1 atom stereocenters. The summed E-state index contributed by atoms with van der Waals surface area (Å²) < 4.78 is 27.9. The van der Waals surface area contributed by atoms with E-state index in [9.17, 15) is 18.8 Å². The quantitative estimate of drug-likeness (QED) is 0.563. The van der Waals surface area contributed by atoms with Crippen LogP contribution < -0.4 is 10.1 Å². The van der Waals surface area contributed by atoms with Crippen molar-refractivity contribution >= 4 is 17.8 Å². The van der Waals surface area contributed by atoms with Crippen molar-refractivity contribution in [2.75, 3.05) is 21.3 Å². The van der Waals surface area contributed by atoms with Crippen LogP contribution in [-0.2, 0) is 30.3 Å². The number of halogens is 1. The minimum absolute atomic E-state index is 0.112. The second-order valence-electron chi connectivity index (χ2n) is 6.19. The first-order valence-corrected chi connectivity index (χ1v) is 8.76. The monoisotopic (exact) mass is 403 g/mol. The molecule has 1 amide bonds. The summed E-state index contributed by atoms with van der Waals surface area (Å²) in [6.07, 6.45) is 0.164. The number of esters is 2. The molecule has 0 saturated carbocycles. The van der Waals surface area contributed by atoms with E-state index in [0.29, 0.717) is 11.3 Å². The maximum atomic E-state index is 13.6. The van der Waals surface area contributed by atoms with Crippen molar-refractivity contribution in [1.29, 1.82) is 0 Å². The smallest absolute Gasteiger partial charge is 0.396 e. The normalized spacial score (nSPS) is 11.3. The molecular weight excluding hydrogens is 381 g/mol. The van der Waals surface area contributed by atoms with Crippen LogP contribution in [-0.4, -0.2) is 45.2 Å². The molecule has 7 nitrogen and oxygen atoms in total. The Kier molecular flexibility index (Phi) is 7.70. The summed E-state index contributed by atoms with van der Waals surface area (Å²) in [6.45, 7) is 0. The van der Waals surface area contributed by atoms with Crippen LogP contribution in [0, 0.1) is 5.82 Å². The fourth-order valence-electron chi connectivity index (χ4n) is 2.81. The van der Waals surface area contributed by atoms with E-state index < -0.39 is 23.9 Å².